The van der Waals surface area contributed by atoms with E-state index in [1.807, 2.05) is 19.9 Å². The zero-order valence-electron chi connectivity index (χ0n) is 19.1. The molecule has 0 radical (unpaired) electrons. The number of nitrogens with zero attached hydrogens (tertiary/aromatic N) is 3. The topological polar surface area (TPSA) is 94.8 Å². The predicted octanol–water partition coefficient (Wildman–Crippen LogP) is 3.53. The van der Waals surface area contributed by atoms with Crippen LogP contribution >= 0.6 is 11.3 Å². The Morgan fingerprint density at radius 1 is 1.30 bits per heavy atom. The van der Waals surface area contributed by atoms with E-state index in [4.69, 9.17) is 9.47 Å². The molecule has 1 aliphatic rings. The highest BCUT2D eigenvalue weighted by atomic mass is 32.1. The van der Waals surface area contributed by atoms with Crippen molar-refractivity contribution in [2.24, 2.45) is 11.0 Å². The normalized spacial score (nSPS) is 15.5. The number of rotatable bonds is 8. The summed E-state index contributed by atoms with van der Waals surface area (Å²) in [7, 11) is 0. The van der Waals surface area contributed by atoms with Crippen LogP contribution < -0.4 is 20.5 Å². The quantitative estimate of drug-likeness (QED) is 0.403. The first kappa shape index (κ1) is 23.0. The summed E-state index contributed by atoms with van der Waals surface area (Å²) in [5.41, 5.74) is 4.18. The minimum atomic E-state index is -0.400. The molecule has 1 atom stereocenters. The SMILES string of the molecule is CCOc1ccc(/C=N\NC(=O)Cn2cnc3sc4c(c3c2=O)CC[C@@H](C)C4)cc1OCC. The molecular weight excluding hydrogens is 440 g/mol. The van der Waals surface area contributed by atoms with Crippen LogP contribution in [0.4, 0.5) is 0 Å². The van der Waals surface area contributed by atoms with E-state index in [1.165, 1.54) is 22.0 Å². The van der Waals surface area contributed by atoms with Crippen molar-refractivity contribution in [3.05, 3.63) is 50.9 Å². The van der Waals surface area contributed by atoms with Gasteiger partial charge in [0.15, 0.2) is 11.5 Å². The third kappa shape index (κ3) is 5.08. The maximum absolute atomic E-state index is 13.0. The Balaban J connectivity index is 1.45. The minimum Gasteiger partial charge on any atom is -0.490 e. The highest BCUT2D eigenvalue weighted by Gasteiger charge is 2.23. The molecule has 3 aromatic rings. The number of thiophene rings is 1. The zero-order chi connectivity index (χ0) is 23.4. The van der Waals surface area contributed by atoms with Gasteiger partial charge in [-0.1, -0.05) is 6.92 Å². The molecule has 1 aliphatic carbocycles. The highest BCUT2D eigenvalue weighted by molar-refractivity contribution is 7.18. The van der Waals surface area contributed by atoms with E-state index in [2.05, 4.69) is 22.4 Å². The van der Waals surface area contributed by atoms with Crippen LogP contribution in [0.1, 0.15) is 43.2 Å². The minimum absolute atomic E-state index is 0.145. The first-order valence-electron chi connectivity index (χ1n) is 11.2. The Morgan fingerprint density at radius 3 is 2.88 bits per heavy atom. The van der Waals surface area contributed by atoms with Gasteiger partial charge in [0.2, 0.25) is 0 Å². The van der Waals surface area contributed by atoms with Crippen LogP contribution in [0.5, 0.6) is 11.5 Å². The van der Waals surface area contributed by atoms with Crippen molar-refractivity contribution in [1.82, 2.24) is 15.0 Å². The molecule has 174 valence electrons. The van der Waals surface area contributed by atoms with E-state index >= 15 is 0 Å². The molecular formula is C24H28N4O4S. The summed E-state index contributed by atoms with van der Waals surface area (Å²) in [6.07, 6.45) is 5.91. The summed E-state index contributed by atoms with van der Waals surface area (Å²) in [6, 6.07) is 5.43. The van der Waals surface area contributed by atoms with E-state index in [0.29, 0.717) is 36.0 Å². The molecule has 0 unspecified atom stereocenters. The van der Waals surface area contributed by atoms with Gasteiger partial charge in [-0.25, -0.2) is 10.4 Å². The Kier molecular flexibility index (Phi) is 7.08. The Morgan fingerprint density at radius 2 is 2.09 bits per heavy atom. The number of aromatic nitrogens is 2. The number of fused-ring (bicyclic) bond motifs is 3. The molecule has 9 heteroatoms. The van der Waals surface area contributed by atoms with Crippen molar-refractivity contribution in [2.45, 2.75) is 46.6 Å². The van der Waals surface area contributed by atoms with E-state index < -0.39 is 5.91 Å². The van der Waals surface area contributed by atoms with Crippen LogP contribution in [-0.4, -0.2) is 34.9 Å². The summed E-state index contributed by atoms with van der Waals surface area (Å²) >= 11 is 1.60. The number of benzene rings is 1. The fourth-order valence-electron chi connectivity index (χ4n) is 4.00. The van der Waals surface area contributed by atoms with Crippen LogP contribution in [0, 0.1) is 5.92 Å². The molecule has 0 saturated carbocycles. The number of hydrogen-bond acceptors (Lipinski definition) is 7. The van der Waals surface area contributed by atoms with Crippen molar-refractivity contribution in [3.63, 3.8) is 0 Å². The average molecular weight is 469 g/mol. The van der Waals surface area contributed by atoms with Crippen LogP contribution in [0.3, 0.4) is 0 Å². The lowest BCUT2D eigenvalue weighted by Gasteiger charge is -2.17. The number of aryl methyl sites for hydroxylation is 1. The fraction of sp³-hybridized carbons (Fsp3) is 0.417. The van der Waals surface area contributed by atoms with Crippen LogP contribution in [0.15, 0.2) is 34.4 Å². The zero-order valence-corrected chi connectivity index (χ0v) is 19.9. The molecule has 33 heavy (non-hydrogen) atoms. The molecule has 0 spiro atoms. The second-order valence-corrected chi connectivity index (χ2v) is 9.16. The molecule has 2 heterocycles. The third-order valence-corrected chi connectivity index (χ3v) is 6.73. The second-order valence-electron chi connectivity index (χ2n) is 8.07. The predicted molar refractivity (Wildman–Crippen MR) is 130 cm³/mol. The van der Waals surface area contributed by atoms with Gasteiger partial charge in [-0.15, -0.1) is 11.3 Å². The summed E-state index contributed by atoms with van der Waals surface area (Å²) in [4.78, 5) is 31.9. The first-order chi connectivity index (χ1) is 16.0. The fourth-order valence-corrected chi connectivity index (χ4v) is 5.34. The molecule has 2 aromatic heterocycles. The lowest BCUT2D eigenvalue weighted by molar-refractivity contribution is -0.121. The molecule has 0 saturated heterocycles. The van der Waals surface area contributed by atoms with E-state index in [1.54, 1.807) is 23.5 Å². The van der Waals surface area contributed by atoms with Gasteiger partial charge in [0.1, 0.15) is 11.4 Å². The lowest BCUT2D eigenvalue weighted by Crippen LogP contribution is -2.30. The number of ether oxygens (including phenoxy) is 2. The van der Waals surface area contributed by atoms with Crippen molar-refractivity contribution in [1.29, 1.82) is 0 Å². The van der Waals surface area contributed by atoms with Gasteiger partial charge in [0.05, 0.1) is 31.1 Å². The van der Waals surface area contributed by atoms with Gasteiger partial charge in [-0.05, 0) is 68.4 Å². The molecule has 4 rings (SSSR count). The number of hydrazone groups is 1. The summed E-state index contributed by atoms with van der Waals surface area (Å²) in [5.74, 6) is 1.50. The summed E-state index contributed by atoms with van der Waals surface area (Å²) in [6.45, 7) is 6.94. The maximum atomic E-state index is 13.0. The summed E-state index contributed by atoms with van der Waals surface area (Å²) in [5, 5.41) is 4.69. The molecule has 0 fully saturated rings. The van der Waals surface area contributed by atoms with Gasteiger partial charge in [0, 0.05) is 4.88 Å². The Bertz CT molecular complexity index is 1250. The number of hydrogen-bond donors (Lipinski definition) is 1. The van der Waals surface area contributed by atoms with Crippen molar-refractivity contribution in [2.75, 3.05) is 13.2 Å². The summed E-state index contributed by atoms with van der Waals surface area (Å²) < 4.78 is 12.5. The average Bonchev–Trinajstić information content (AvgIpc) is 3.16. The second kappa shape index (κ2) is 10.2. The maximum Gasteiger partial charge on any atom is 0.262 e. The highest BCUT2D eigenvalue weighted by Crippen LogP contribution is 2.35. The molecule has 1 aromatic carbocycles. The smallest absolute Gasteiger partial charge is 0.262 e. The third-order valence-electron chi connectivity index (χ3n) is 5.57. The Hall–Kier alpha value is -3.20. The van der Waals surface area contributed by atoms with Gasteiger partial charge < -0.3 is 9.47 Å². The number of carbonyl (C=O) groups excluding carboxylic acids is 1. The van der Waals surface area contributed by atoms with Crippen LogP contribution in [0.2, 0.25) is 0 Å². The molecule has 1 N–H and O–H groups in total. The van der Waals surface area contributed by atoms with Crippen molar-refractivity contribution < 1.29 is 14.3 Å². The number of amides is 1. The van der Waals surface area contributed by atoms with Crippen molar-refractivity contribution in [3.8, 4) is 11.5 Å². The standard InChI is InChI=1S/C24H28N4O4S/c1-4-31-18-9-7-16(11-19(18)32-5-2)12-26-27-21(29)13-28-14-25-23-22(24(28)30)17-8-6-15(3)10-20(17)33-23/h7,9,11-12,14-15H,4-6,8,10,13H2,1-3H3,(H,27,29)/b26-12-/t15-/m1/s1. The van der Waals surface area contributed by atoms with Gasteiger partial charge in [-0.2, -0.15) is 5.10 Å². The monoisotopic (exact) mass is 468 g/mol. The van der Waals surface area contributed by atoms with E-state index in [9.17, 15) is 9.59 Å². The van der Waals surface area contributed by atoms with Gasteiger partial charge >= 0.3 is 0 Å². The van der Waals surface area contributed by atoms with Crippen LogP contribution in [0.25, 0.3) is 10.2 Å². The largest absolute Gasteiger partial charge is 0.490 e. The van der Waals surface area contributed by atoms with Crippen molar-refractivity contribution >= 4 is 33.7 Å². The number of carbonyl (C=O) groups is 1. The van der Waals surface area contributed by atoms with E-state index in [0.717, 1.165) is 35.2 Å². The molecule has 1 amide bonds. The molecule has 0 aliphatic heterocycles. The van der Waals surface area contributed by atoms with Gasteiger partial charge in [0.25, 0.3) is 11.5 Å². The van der Waals surface area contributed by atoms with E-state index in [-0.39, 0.29) is 12.1 Å². The molecule has 8 nitrogen and oxygen atoms in total. The lowest BCUT2D eigenvalue weighted by atomic mass is 9.89. The first-order valence-corrected chi connectivity index (χ1v) is 12.0. The number of nitrogens with one attached hydrogen (secondary N) is 1. The molecule has 0 bridgehead atoms. The Labute approximate surface area is 196 Å². The van der Waals surface area contributed by atoms with Gasteiger partial charge in [-0.3, -0.25) is 14.2 Å². The van der Waals surface area contributed by atoms with Crippen LogP contribution in [-0.2, 0) is 24.2 Å².